The van der Waals surface area contributed by atoms with E-state index in [4.69, 9.17) is 4.74 Å². The molecule has 5 aromatic rings. The van der Waals surface area contributed by atoms with Gasteiger partial charge in [0, 0.05) is 44.3 Å². The number of nitrogens with one attached hydrogen (secondary N) is 2. The van der Waals surface area contributed by atoms with Gasteiger partial charge in [-0.25, -0.2) is 23.7 Å². The van der Waals surface area contributed by atoms with Crippen molar-refractivity contribution in [2.24, 2.45) is 14.1 Å². The summed E-state index contributed by atoms with van der Waals surface area (Å²) in [6.07, 6.45) is 6.22. The quantitative estimate of drug-likeness (QED) is 0.348. The van der Waals surface area contributed by atoms with E-state index < -0.39 is 23.6 Å². The minimum atomic E-state index is -0.820. The molecule has 0 saturated carbocycles. The molecule has 37 heavy (non-hydrogen) atoms. The highest BCUT2D eigenvalue weighted by Gasteiger charge is 2.24. The molecule has 5 rings (SSSR count). The number of anilines is 2. The van der Waals surface area contributed by atoms with Crippen molar-refractivity contribution in [1.82, 2.24) is 34.6 Å². The second kappa shape index (κ2) is 9.64. The third-order valence-electron chi connectivity index (χ3n) is 5.87. The zero-order valence-electron chi connectivity index (χ0n) is 20.1. The first kappa shape index (κ1) is 23.9. The number of aryl methyl sites for hydroxylation is 2. The first-order chi connectivity index (χ1) is 17.8. The van der Waals surface area contributed by atoms with Gasteiger partial charge in [-0.3, -0.25) is 9.48 Å². The van der Waals surface area contributed by atoms with Crippen LogP contribution >= 0.6 is 0 Å². The molecule has 0 bridgehead atoms. The average molecular weight is 505 g/mol. The Balaban J connectivity index is 1.49. The van der Waals surface area contributed by atoms with E-state index in [1.807, 2.05) is 0 Å². The van der Waals surface area contributed by atoms with Crippen molar-refractivity contribution in [3.05, 3.63) is 89.8 Å². The molecule has 0 aliphatic carbocycles. The predicted octanol–water partition coefficient (Wildman–Crippen LogP) is 3.65. The van der Waals surface area contributed by atoms with Crippen LogP contribution in [0.25, 0.3) is 10.9 Å². The van der Waals surface area contributed by atoms with Crippen molar-refractivity contribution in [2.45, 2.75) is 6.04 Å². The fourth-order valence-corrected chi connectivity index (χ4v) is 3.92. The summed E-state index contributed by atoms with van der Waals surface area (Å²) in [6, 6.07) is 7.86. The monoisotopic (exact) mass is 504 g/mol. The van der Waals surface area contributed by atoms with Crippen LogP contribution in [0.1, 0.15) is 27.8 Å². The summed E-state index contributed by atoms with van der Waals surface area (Å²) in [5.41, 5.74) is 0.699. The van der Waals surface area contributed by atoms with Crippen molar-refractivity contribution >= 4 is 28.6 Å². The van der Waals surface area contributed by atoms with Crippen molar-refractivity contribution in [1.29, 1.82) is 0 Å². The molecule has 0 radical (unpaired) electrons. The van der Waals surface area contributed by atoms with E-state index in [2.05, 4.69) is 30.7 Å². The lowest BCUT2D eigenvalue weighted by Gasteiger charge is -2.20. The largest absolute Gasteiger partial charge is 0.494 e. The highest BCUT2D eigenvalue weighted by atomic mass is 19.1. The zero-order chi connectivity index (χ0) is 26.1. The molecule has 0 aliphatic rings. The predicted molar refractivity (Wildman–Crippen MR) is 131 cm³/mol. The Bertz CT molecular complexity index is 1610. The van der Waals surface area contributed by atoms with Gasteiger partial charge in [-0.2, -0.15) is 5.10 Å². The van der Waals surface area contributed by atoms with Gasteiger partial charge in [0.25, 0.3) is 5.91 Å². The highest BCUT2D eigenvalue weighted by Crippen LogP contribution is 2.27. The van der Waals surface area contributed by atoms with E-state index >= 15 is 0 Å². The SMILES string of the molecule is COc1ccc(C(NC(=O)c2cc(F)c3cnc(Nc4ccnn4C)nc3c2)c2nccn2C)cc1F. The van der Waals surface area contributed by atoms with Crippen LogP contribution in [0.2, 0.25) is 0 Å². The maximum Gasteiger partial charge on any atom is 0.252 e. The number of benzene rings is 2. The molecule has 3 heterocycles. The number of halogens is 2. The van der Waals surface area contributed by atoms with E-state index in [0.717, 1.165) is 6.07 Å². The number of nitrogens with zero attached hydrogens (tertiary/aromatic N) is 6. The summed E-state index contributed by atoms with van der Waals surface area (Å²) < 4.78 is 37.7. The van der Waals surface area contributed by atoms with Gasteiger partial charge in [0.05, 0.1) is 24.2 Å². The molecular weight excluding hydrogens is 482 g/mol. The number of ether oxygens (including phenoxy) is 1. The van der Waals surface area contributed by atoms with Gasteiger partial charge in [-0.05, 0) is 29.8 Å². The van der Waals surface area contributed by atoms with Crippen LogP contribution in [-0.2, 0) is 14.1 Å². The molecule has 2 N–H and O–H groups in total. The number of methoxy groups -OCH3 is 1. The molecule has 1 atom stereocenters. The molecule has 12 heteroatoms. The lowest BCUT2D eigenvalue weighted by atomic mass is 10.0. The molecule has 0 aliphatic heterocycles. The summed E-state index contributed by atoms with van der Waals surface area (Å²) in [6.45, 7) is 0. The minimum Gasteiger partial charge on any atom is -0.494 e. The summed E-state index contributed by atoms with van der Waals surface area (Å²) in [5.74, 6) is -0.449. The van der Waals surface area contributed by atoms with Crippen LogP contribution < -0.4 is 15.4 Å². The number of carbonyl (C=O) groups is 1. The van der Waals surface area contributed by atoms with Gasteiger partial charge < -0.3 is 19.9 Å². The van der Waals surface area contributed by atoms with Crippen LogP contribution in [0.5, 0.6) is 5.75 Å². The van der Waals surface area contributed by atoms with Crippen molar-refractivity contribution in [3.63, 3.8) is 0 Å². The van der Waals surface area contributed by atoms with E-state index in [-0.39, 0.29) is 28.2 Å². The van der Waals surface area contributed by atoms with Crippen LogP contribution in [0.15, 0.2) is 61.2 Å². The first-order valence-electron chi connectivity index (χ1n) is 11.2. The summed E-state index contributed by atoms with van der Waals surface area (Å²) in [5, 5.41) is 10.1. The Hall–Kier alpha value is -4.87. The Morgan fingerprint density at radius 1 is 1.05 bits per heavy atom. The zero-order valence-corrected chi connectivity index (χ0v) is 20.1. The molecule has 0 saturated heterocycles. The van der Waals surface area contributed by atoms with Gasteiger partial charge in [0.15, 0.2) is 11.6 Å². The standard InChI is InChI=1S/C25H22F2N8O2/c1-34-9-8-28-23(34)22(14-4-5-20(37-3)18(27)10-14)33-24(36)15-11-17(26)16-13-29-25(31-19(16)12-15)32-21-6-7-30-35(21)2/h4-13,22H,1-3H3,(H,33,36)(H,29,31,32). The third-order valence-corrected chi connectivity index (χ3v) is 5.87. The van der Waals surface area contributed by atoms with Gasteiger partial charge in [0.1, 0.15) is 23.5 Å². The molecule has 1 amide bonds. The summed E-state index contributed by atoms with van der Waals surface area (Å²) in [7, 11) is 4.87. The second-order valence-corrected chi connectivity index (χ2v) is 8.25. The van der Waals surface area contributed by atoms with Gasteiger partial charge in [0.2, 0.25) is 5.95 Å². The summed E-state index contributed by atoms with van der Waals surface area (Å²) in [4.78, 5) is 26.2. The van der Waals surface area contributed by atoms with Crippen LogP contribution in [0.3, 0.4) is 0 Å². The maximum absolute atomic E-state index is 14.9. The number of rotatable bonds is 7. The minimum absolute atomic E-state index is 0.0309. The summed E-state index contributed by atoms with van der Waals surface area (Å²) >= 11 is 0. The van der Waals surface area contributed by atoms with Gasteiger partial charge in [-0.15, -0.1) is 0 Å². The normalized spacial score (nSPS) is 11.9. The van der Waals surface area contributed by atoms with Crippen LogP contribution in [0, 0.1) is 11.6 Å². The highest BCUT2D eigenvalue weighted by molar-refractivity contribution is 5.98. The van der Waals surface area contributed by atoms with Crippen molar-refractivity contribution < 1.29 is 18.3 Å². The second-order valence-electron chi connectivity index (χ2n) is 8.25. The van der Waals surface area contributed by atoms with Crippen LogP contribution in [-0.4, -0.2) is 42.3 Å². The number of aromatic nitrogens is 6. The Morgan fingerprint density at radius 3 is 2.57 bits per heavy atom. The average Bonchev–Trinajstić information content (AvgIpc) is 3.49. The third kappa shape index (κ3) is 4.68. The van der Waals surface area contributed by atoms with E-state index in [1.54, 1.807) is 54.1 Å². The van der Waals surface area contributed by atoms with E-state index in [0.29, 0.717) is 17.2 Å². The van der Waals surface area contributed by atoms with E-state index in [1.165, 1.54) is 31.5 Å². The smallest absolute Gasteiger partial charge is 0.252 e. The molecule has 10 nitrogen and oxygen atoms in total. The lowest BCUT2D eigenvalue weighted by molar-refractivity contribution is 0.0940. The molecule has 188 valence electrons. The Morgan fingerprint density at radius 2 is 1.89 bits per heavy atom. The lowest BCUT2D eigenvalue weighted by Crippen LogP contribution is -2.31. The number of hydrogen-bond donors (Lipinski definition) is 2. The van der Waals surface area contributed by atoms with Crippen molar-refractivity contribution in [2.75, 3.05) is 12.4 Å². The molecule has 0 spiro atoms. The number of amides is 1. The number of hydrogen-bond acceptors (Lipinski definition) is 7. The first-order valence-corrected chi connectivity index (χ1v) is 11.2. The van der Waals surface area contributed by atoms with Crippen molar-refractivity contribution in [3.8, 4) is 5.75 Å². The fourth-order valence-electron chi connectivity index (χ4n) is 3.92. The molecule has 1 unspecified atom stereocenters. The fraction of sp³-hybridized carbons (Fsp3) is 0.160. The Kier molecular flexibility index (Phi) is 6.22. The van der Waals surface area contributed by atoms with Gasteiger partial charge in [-0.1, -0.05) is 6.07 Å². The molecule has 0 fully saturated rings. The maximum atomic E-state index is 14.9. The number of carbonyl (C=O) groups excluding carboxylic acids is 1. The topological polar surface area (TPSA) is 112 Å². The number of imidazole rings is 1. The Labute approximate surface area is 210 Å². The number of fused-ring (bicyclic) bond motifs is 1. The molecular formula is C25H22F2N8O2. The van der Waals surface area contributed by atoms with Crippen LogP contribution in [0.4, 0.5) is 20.5 Å². The van der Waals surface area contributed by atoms with E-state index in [9.17, 15) is 13.6 Å². The molecule has 2 aromatic carbocycles. The van der Waals surface area contributed by atoms with Gasteiger partial charge >= 0.3 is 0 Å². The molecule has 3 aromatic heterocycles.